The maximum Gasteiger partial charge on any atom is 0.251 e. The maximum atomic E-state index is 12.9. The predicted octanol–water partition coefficient (Wildman–Crippen LogP) is 4.61. The molecule has 0 radical (unpaired) electrons. The van der Waals surface area contributed by atoms with Gasteiger partial charge in [0.15, 0.2) is 0 Å². The summed E-state index contributed by atoms with van der Waals surface area (Å²) in [5.41, 5.74) is 8.96. The van der Waals surface area contributed by atoms with Crippen molar-refractivity contribution in [3.63, 3.8) is 0 Å². The number of fused-ring (bicyclic) bond motifs is 1. The Balaban J connectivity index is 1.52. The minimum absolute atomic E-state index is 0.177. The molecule has 0 spiro atoms. The average Bonchev–Trinajstić information content (AvgIpc) is 3.12. The molecule has 2 heterocycles. The summed E-state index contributed by atoms with van der Waals surface area (Å²) >= 11 is 2.85. The van der Waals surface area contributed by atoms with Gasteiger partial charge in [-0.25, -0.2) is 9.97 Å². The van der Waals surface area contributed by atoms with E-state index < -0.39 is 11.2 Å². The van der Waals surface area contributed by atoms with E-state index in [1.165, 1.54) is 23.1 Å². The molecule has 160 valence electrons. The van der Waals surface area contributed by atoms with Crippen LogP contribution < -0.4 is 11.1 Å². The lowest BCUT2D eigenvalue weighted by Crippen LogP contribution is -2.24. The lowest BCUT2D eigenvalue weighted by Gasteiger charge is -2.13. The summed E-state index contributed by atoms with van der Waals surface area (Å²) in [5.74, 6) is -0.00374. The smallest absolute Gasteiger partial charge is 0.251 e. The zero-order valence-electron chi connectivity index (χ0n) is 17.5. The summed E-state index contributed by atoms with van der Waals surface area (Å²) in [6.45, 7) is 3.67. The molecule has 1 unspecified atom stereocenters. The third kappa shape index (κ3) is 4.80. The molecule has 1 aromatic carbocycles. The fourth-order valence-corrected chi connectivity index (χ4v) is 5.91. The van der Waals surface area contributed by atoms with E-state index in [2.05, 4.69) is 15.3 Å². The van der Waals surface area contributed by atoms with Crippen molar-refractivity contribution in [2.45, 2.75) is 49.8 Å². The number of thioether (sulfide) groups is 1. The van der Waals surface area contributed by atoms with Gasteiger partial charge in [0, 0.05) is 10.4 Å². The molecular formula is C23H24N4O2S2. The maximum absolute atomic E-state index is 12.9. The standard InChI is InChI=1S/C23H24N4O2S2/c1-13(30-19-12-17(25-14(2)26-19)15-8-4-3-5-9-15)22(29)27-23-20(21(24)28)16-10-6-7-11-18(16)31-23/h3-5,8-9,12-13H,6-7,10-11H2,1-2H3,(H2,24,28)(H,27,29). The summed E-state index contributed by atoms with van der Waals surface area (Å²) in [7, 11) is 0. The number of aryl methyl sites for hydroxylation is 2. The highest BCUT2D eigenvalue weighted by Gasteiger charge is 2.26. The monoisotopic (exact) mass is 452 g/mol. The number of hydrogen-bond acceptors (Lipinski definition) is 6. The van der Waals surface area contributed by atoms with Gasteiger partial charge >= 0.3 is 0 Å². The third-order valence-corrected chi connectivity index (χ3v) is 7.43. The van der Waals surface area contributed by atoms with Crippen LogP contribution in [-0.2, 0) is 17.6 Å². The van der Waals surface area contributed by atoms with E-state index in [9.17, 15) is 9.59 Å². The zero-order chi connectivity index (χ0) is 22.0. The van der Waals surface area contributed by atoms with Gasteiger partial charge in [0.05, 0.1) is 16.5 Å². The minimum atomic E-state index is -0.478. The van der Waals surface area contributed by atoms with Crippen molar-refractivity contribution in [3.8, 4) is 11.3 Å². The van der Waals surface area contributed by atoms with Crippen LogP contribution in [0.25, 0.3) is 11.3 Å². The van der Waals surface area contributed by atoms with E-state index in [0.717, 1.165) is 52.4 Å². The molecule has 1 aliphatic rings. The first-order chi connectivity index (χ1) is 14.9. The number of nitrogens with two attached hydrogens (primary N) is 1. The second kappa shape index (κ2) is 9.20. The fraction of sp³-hybridized carbons (Fsp3) is 0.304. The number of nitrogens with one attached hydrogen (secondary N) is 1. The molecule has 4 rings (SSSR count). The van der Waals surface area contributed by atoms with Crippen molar-refractivity contribution >= 4 is 39.9 Å². The number of hydrogen-bond donors (Lipinski definition) is 2. The number of aromatic nitrogens is 2. The number of carbonyl (C=O) groups excluding carboxylic acids is 2. The lowest BCUT2D eigenvalue weighted by atomic mass is 9.95. The van der Waals surface area contributed by atoms with Crippen molar-refractivity contribution in [3.05, 3.63) is 58.2 Å². The van der Waals surface area contributed by atoms with Gasteiger partial charge in [-0.2, -0.15) is 0 Å². The van der Waals surface area contributed by atoms with Gasteiger partial charge < -0.3 is 11.1 Å². The Morgan fingerprint density at radius 1 is 1.16 bits per heavy atom. The molecule has 0 saturated carbocycles. The first-order valence-corrected chi connectivity index (χ1v) is 11.9. The van der Waals surface area contributed by atoms with Gasteiger partial charge in [0.1, 0.15) is 15.9 Å². The molecule has 2 aromatic heterocycles. The third-order valence-electron chi connectivity index (χ3n) is 5.21. The first-order valence-electron chi connectivity index (χ1n) is 10.3. The Labute approximate surface area is 189 Å². The van der Waals surface area contributed by atoms with Gasteiger partial charge in [0.2, 0.25) is 5.91 Å². The molecule has 1 aliphatic carbocycles. The largest absolute Gasteiger partial charge is 0.365 e. The van der Waals surface area contributed by atoms with E-state index in [1.54, 1.807) is 0 Å². The molecule has 3 N–H and O–H groups in total. The van der Waals surface area contributed by atoms with Gasteiger partial charge in [-0.1, -0.05) is 42.1 Å². The number of carbonyl (C=O) groups is 2. The lowest BCUT2D eigenvalue weighted by molar-refractivity contribution is -0.115. The SMILES string of the molecule is Cc1nc(SC(C)C(=O)Nc2sc3c(c2C(N)=O)CCCC3)cc(-c2ccccc2)n1. The zero-order valence-corrected chi connectivity index (χ0v) is 19.1. The van der Waals surface area contributed by atoms with Crippen LogP contribution in [0.5, 0.6) is 0 Å². The minimum Gasteiger partial charge on any atom is -0.365 e. The van der Waals surface area contributed by atoms with Crippen LogP contribution in [0.3, 0.4) is 0 Å². The van der Waals surface area contributed by atoms with Gasteiger partial charge in [0.25, 0.3) is 5.91 Å². The van der Waals surface area contributed by atoms with Crippen molar-refractivity contribution in [2.24, 2.45) is 5.73 Å². The number of thiophene rings is 1. The van der Waals surface area contributed by atoms with Crippen molar-refractivity contribution in [2.75, 3.05) is 5.32 Å². The first kappa shape index (κ1) is 21.5. The number of primary amides is 1. The molecule has 6 nitrogen and oxygen atoms in total. The van der Waals surface area contributed by atoms with Crippen LogP contribution in [0.1, 0.15) is 46.4 Å². The highest BCUT2D eigenvalue weighted by molar-refractivity contribution is 8.00. The number of anilines is 1. The molecule has 3 aromatic rings. The second-order valence-corrected chi connectivity index (χ2v) is 10.00. The predicted molar refractivity (Wildman–Crippen MR) is 126 cm³/mol. The summed E-state index contributed by atoms with van der Waals surface area (Å²) in [5, 5.41) is 3.84. The van der Waals surface area contributed by atoms with E-state index in [4.69, 9.17) is 5.73 Å². The van der Waals surface area contributed by atoms with Crippen molar-refractivity contribution in [1.29, 1.82) is 0 Å². The van der Waals surface area contributed by atoms with Gasteiger partial charge in [-0.3, -0.25) is 9.59 Å². The van der Waals surface area contributed by atoms with E-state index in [0.29, 0.717) is 16.4 Å². The van der Waals surface area contributed by atoms with E-state index in [1.807, 2.05) is 50.2 Å². The van der Waals surface area contributed by atoms with E-state index >= 15 is 0 Å². The summed E-state index contributed by atoms with van der Waals surface area (Å²) in [4.78, 5) is 35.2. The molecule has 31 heavy (non-hydrogen) atoms. The Kier molecular flexibility index (Phi) is 6.38. The molecule has 1 atom stereocenters. The Morgan fingerprint density at radius 2 is 1.90 bits per heavy atom. The molecule has 2 amide bonds. The Hall–Kier alpha value is -2.71. The van der Waals surface area contributed by atoms with Crippen LogP contribution in [0.4, 0.5) is 5.00 Å². The number of amides is 2. The van der Waals surface area contributed by atoms with Crippen LogP contribution in [0, 0.1) is 6.92 Å². The number of nitrogens with zero attached hydrogens (tertiary/aromatic N) is 2. The van der Waals surface area contributed by atoms with Crippen molar-refractivity contribution in [1.82, 2.24) is 9.97 Å². The molecule has 0 aliphatic heterocycles. The van der Waals surface area contributed by atoms with Crippen molar-refractivity contribution < 1.29 is 9.59 Å². The van der Waals surface area contributed by atoms with Gasteiger partial charge in [-0.15, -0.1) is 11.3 Å². The highest BCUT2D eigenvalue weighted by Crippen LogP contribution is 2.38. The molecule has 0 fully saturated rings. The van der Waals surface area contributed by atoms with Crippen LogP contribution in [0.15, 0.2) is 41.4 Å². The summed E-state index contributed by atoms with van der Waals surface area (Å²) in [6, 6.07) is 11.8. The molecular weight excluding hydrogens is 428 g/mol. The normalized spacial score (nSPS) is 14.0. The van der Waals surface area contributed by atoms with Crippen LogP contribution >= 0.6 is 23.1 Å². The topological polar surface area (TPSA) is 98.0 Å². The molecule has 0 saturated heterocycles. The summed E-state index contributed by atoms with van der Waals surface area (Å²) in [6.07, 6.45) is 3.91. The second-order valence-electron chi connectivity index (χ2n) is 7.53. The van der Waals surface area contributed by atoms with Gasteiger partial charge in [-0.05, 0) is 51.2 Å². The average molecular weight is 453 g/mol. The van der Waals surface area contributed by atoms with Crippen LogP contribution in [-0.4, -0.2) is 27.0 Å². The highest BCUT2D eigenvalue weighted by atomic mass is 32.2. The van der Waals surface area contributed by atoms with Crippen LogP contribution in [0.2, 0.25) is 0 Å². The Morgan fingerprint density at radius 3 is 2.65 bits per heavy atom. The number of benzene rings is 1. The van der Waals surface area contributed by atoms with E-state index in [-0.39, 0.29) is 5.91 Å². The fourth-order valence-electron chi connectivity index (χ4n) is 3.72. The molecule has 8 heteroatoms. The Bertz CT molecular complexity index is 1130. The quantitative estimate of drug-likeness (QED) is 0.420. The summed E-state index contributed by atoms with van der Waals surface area (Å²) < 4.78 is 0. The number of rotatable bonds is 6. The molecule has 0 bridgehead atoms.